The van der Waals surface area contributed by atoms with Crippen molar-refractivity contribution >= 4 is 21.7 Å². The molecule has 1 heterocycles. The van der Waals surface area contributed by atoms with Gasteiger partial charge in [-0.2, -0.15) is 0 Å². The van der Waals surface area contributed by atoms with Crippen LogP contribution in [0.25, 0.3) is 0 Å². The standard InChI is InChI=1S/C17H15BrO3/c1-20-17-5-4-15(18)7-13(17)8-16(19)11-2-3-12-9-21-10-14(12)6-11/h2-7H,8-10H2,1H3. The Hall–Kier alpha value is -1.65. The zero-order chi connectivity index (χ0) is 14.8. The van der Waals surface area contributed by atoms with Crippen LogP contribution in [0.5, 0.6) is 5.75 Å². The summed E-state index contributed by atoms with van der Waals surface area (Å²) in [6, 6.07) is 11.5. The summed E-state index contributed by atoms with van der Waals surface area (Å²) in [4.78, 5) is 12.5. The highest BCUT2D eigenvalue weighted by Gasteiger charge is 2.16. The van der Waals surface area contributed by atoms with E-state index in [-0.39, 0.29) is 5.78 Å². The van der Waals surface area contributed by atoms with E-state index >= 15 is 0 Å². The van der Waals surface area contributed by atoms with Crippen LogP contribution >= 0.6 is 15.9 Å². The highest BCUT2D eigenvalue weighted by atomic mass is 79.9. The van der Waals surface area contributed by atoms with Gasteiger partial charge in [-0.15, -0.1) is 0 Å². The lowest BCUT2D eigenvalue weighted by Crippen LogP contribution is -2.06. The average molecular weight is 347 g/mol. The molecule has 0 radical (unpaired) electrons. The van der Waals surface area contributed by atoms with Gasteiger partial charge in [-0.3, -0.25) is 4.79 Å². The van der Waals surface area contributed by atoms with E-state index < -0.39 is 0 Å². The van der Waals surface area contributed by atoms with Gasteiger partial charge < -0.3 is 9.47 Å². The summed E-state index contributed by atoms with van der Waals surface area (Å²) in [6.45, 7) is 1.24. The fraction of sp³-hybridized carbons (Fsp3) is 0.235. The molecule has 4 heteroatoms. The van der Waals surface area contributed by atoms with E-state index in [2.05, 4.69) is 15.9 Å². The number of hydrogen-bond donors (Lipinski definition) is 0. The van der Waals surface area contributed by atoms with Gasteiger partial charge in [0.1, 0.15) is 5.75 Å². The Labute approximate surface area is 132 Å². The van der Waals surface area contributed by atoms with Crippen LogP contribution in [-0.2, 0) is 24.4 Å². The number of benzene rings is 2. The summed E-state index contributed by atoms with van der Waals surface area (Å²) in [6.07, 6.45) is 0.322. The van der Waals surface area contributed by atoms with E-state index in [9.17, 15) is 4.79 Å². The van der Waals surface area contributed by atoms with Crippen LogP contribution in [0.1, 0.15) is 27.0 Å². The van der Waals surface area contributed by atoms with E-state index in [1.807, 2.05) is 36.4 Å². The number of carbonyl (C=O) groups is 1. The van der Waals surface area contributed by atoms with Crippen molar-refractivity contribution in [1.82, 2.24) is 0 Å². The first kappa shape index (κ1) is 14.3. The lowest BCUT2D eigenvalue weighted by molar-refractivity contribution is 0.0992. The molecular formula is C17H15BrO3. The summed E-state index contributed by atoms with van der Waals surface area (Å²) < 4.78 is 11.6. The van der Waals surface area contributed by atoms with Crippen molar-refractivity contribution in [2.75, 3.05) is 7.11 Å². The average Bonchev–Trinajstić information content (AvgIpc) is 2.94. The van der Waals surface area contributed by atoms with Crippen molar-refractivity contribution in [1.29, 1.82) is 0 Å². The number of Topliss-reactive ketones (excluding diaryl/α,β-unsaturated/α-hetero) is 1. The topological polar surface area (TPSA) is 35.5 Å². The smallest absolute Gasteiger partial charge is 0.167 e. The first-order valence-electron chi connectivity index (χ1n) is 6.72. The van der Waals surface area contributed by atoms with E-state index in [1.54, 1.807) is 7.11 Å². The fourth-order valence-electron chi connectivity index (χ4n) is 2.51. The summed E-state index contributed by atoms with van der Waals surface area (Å²) in [5.74, 6) is 0.817. The molecule has 0 unspecified atom stereocenters. The molecule has 1 aliphatic heterocycles. The molecule has 2 aromatic rings. The third kappa shape index (κ3) is 3.01. The van der Waals surface area contributed by atoms with Gasteiger partial charge in [-0.05, 0) is 35.4 Å². The van der Waals surface area contributed by atoms with Crippen molar-refractivity contribution in [3.63, 3.8) is 0 Å². The van der Waals surface area contributed by atoms with Crippen molar-refractivity contribution < 1.29 is 14.3 Å². The van der Waals surface area contributed by atoms with E-state index in [0.29, 0.717) is 19.6 Å². The van der Waals surface area contributed by atoms with Gasteiger partial charge in [0.2, 0.25) is 0 Å². The maximum atomic E-state index is 12.5. The maximum absolute atomic E-state index is 12.5. The molecule has 1 aliphatic rings. The van der Waals surface area contributed by atoms with Crippen molar-refractivity contribution in [2.24, 2.45) is 0 Å². The molecule has 0 amide bonds. The summed E-state index contributed by atoms with van der Waals surface area (Å²) in [7, 11) is 1.62. The molecule has 108 valence electrons. The third-order valence-electron chi connectivity index (χ3n) is 3.64. The van der Waals surface area contributed by atoms with E-state index in [4.69, 9.17) is 9.47 Å². The molecule has 2 aromatic carbocycles. The number of methoxy groups -OCH3 is 1. The molecule has 0 spiro atoms. The molecule has 0 bridgehead atoms. The summed E-state index contributed by atoms with van der Waals surface area (Å²) >= 11 is 3.43. The van der Waals surface area contributed by atoms with Gasteiger partial charge in [-0.25, -0.2) is 0 Å². The second-order valence-corrected chi connectivity index (χ2v) is 5.95. The minimum Gasteiger partial charge on any atom is -0.496 e. The Bertz CT molecular complexity index is 694. The van der Waals surface area contributed by atoms with Crippen molar-refractivity contribution in [3.8, 4) is 5.75 Å². The molecule has 0 saturated carbocycles. The quantitative estimate of drug-likeness (QED) is 0.787. The zero-order valence-electron chi connectivity index (χ0n) is 11.7. The predicted molar refractivity (Wildman–Crippen MR) is 83.7 cm³/mol. The normalized spacial score (nSPS) is 13.0. The molecule has 0 atom stereocenters. The van der Waals surface area contributed by atoms with Gasteiger partial charge in [0, 0.05) is 22.0 Å². The molecule has 0 saturated heterocycles. The number of ketones is 1. The van der Waals surface area contributed by atoms with Crippen LogP contribution < -0.4 is 4.74 Å². The maximum Gasteiger partial charge on any atom is 0.167 e. The molecule has 0 N–H and O–H groups in total. The minimum absolute atomic E-state index is 0.0844. The third-order valence-corrected chi connectivity index (χ3v) is 4.13. The SMILES string of the molecule is COc1ccc(Br)cc1CC(=O)c1ccc2c(c1)COC2. The monoisotopic (exact) mass is 346 g/mol. The van der Waals surface area contributed by atoms with Gasteiger partial charge in [0.15, 0.2) is 5.78 Å². The van der Waals surface area contributed by atoms with Gasteiger partial charge >= 0.3 is 0 Å². The second-order valence-electron chi connectivity index (χ2n) is 5.03. The first-order chi connectivity index (χ1) is 10.2. The second kappa shape index (κ2) is 6.00. The molecule has 0 aliphatic carbocycles. The summed E-state index contributed by atoms with van der Waals surface area (Å²) in [5, 5.41) is 0. The largest absolute Gasteiger partial charge is 0.496 e. The Balaban J connectivity index is 1.85. The van der Waals surface area contributed by atoms with Crippen LogP contribution in [0.4, 0.5) is 0 Å². The fourth-order valence-corrected chi connectivity index (χ4v) is 2.91. The molecule has 3 rings (SSSR count). The van der Waals surface area contributed by atoms with Crippen LogP contribution in [0.15, 0.2) is 40.9 Å². The van der Waals surface area contributed by atoms with Crippen molar-refractivity contribution in [3.05, 3.63) is 63.1 Å². The van der Waals surface area contributed by atoms with Gasteiger partial charge in [0.05, 0.1) is 20.3 Å². The predicted octanol–water partition coefficient (Wildman–Crippen LogP) is 3.91. The molecule has 3 nitrogen and oxygen atoms in total. The minimum atomic E-state index is 0.0844. The van der Waals surface area contributed by atoms with E-state index in [0.717, 1.165) is 26.9 Å². The first-order valence-corrected chi connectivity index (χ1v) is 7.52. The van der Waals surface area contributed by atoms with E-state index in [1.165, 1.54) is 5.56 Å². The lowest BCUT2D eigenvalue weighted by atomic mass is 9.99. The number of rotatable bonds is 4. The Kier molecular flexibility index (Phi) is 4.08. The number of fused-ring (bicyclic) bond motifs is 1. The van der Waals surface area contributed by atoms with Crippen LogP contribution in [0, 0.1) is 0 Å². The molecule has 0 fully saturated rings. The van der Waals surface area contributed by atoms with Crippen LogP contribution in [-0.4, -0.2) is 12.9 Å². The number of carbonyl (C=O) groups excluding carboxylic acids is 1. The Morgan fingerprint density at radius 2 is 2.00 bits per heavy atom. The Morgan fingerprint density at radius 1 is 1.19 bits per heavy atom. The van der Waals surface area contributed by atoms with Gasteiger partial charge in [0.25, 0.3) is 0 Å². The number of ether oxygens (including phenoxy) is 2. The summed E-state index contributed by atoms with van der Waals surface area (Å²) in [5.41, 5.74) is 3.89. The zero-order valence-corrected chi connectivity index (χ0v) is 13.3. The molecule has 21 heavy (non-hydrogen) atoms. The number of halogens is 1. The van der Waals surface area contributed by atoms with Crippen molar-refractivity contribution in [2.45, 2.75) is 19.6 Å². The Morgan fingerprint density at radius 3 is 2.81 bits per heavy atom. The van der Waals surface area contributed by atoms with Crippen LogP contribution in [0.3, 0.4) is 0 Å². The highest BCUT2D eigenvalue weighted by molar-refractivity contribution is 9.10. The molecule has 0 aromatic heterocycles. The lowest BCUT2D eigenvalue weighted by Gasteiger charge is -2.09. The van der Waals surface area contributed by atoms with Gasteiger partial charge in [-0.1, -0.05) is 28.1 Å². The highest BCUT2D eigenvalue weighted by Crippen LogP contribution is 2.26. The molecular weight excluding hydrogens is 332 g/mol. The number of hydrogen-bond acceptors (Lipinski definition) is 3. The van der Waals surface area contributed by atoms with Crippen LogP contribution in [0.2, 0.25) is 0 Å².